The molecule has 0 spiro atoms. The van der Waals surface area contributed by atoms with Crippen LogP contribution >= 0.6 is 58.5 Å². The van der Waals surface area contributed by atoms with Crippen LogP contribution in [-0.4, -0.2) is 43.3 Å². The molecule has 9 heteroatoms. The summed E-state index contributed by atoms with van der Waals surface area (Å²) in [6, 6.07) is 10.3. The average molecular weight is 491 g/mol. The van der Waals surface area contributed by atoms with E-state index >= 15 is 0 Å². The van der Waals surface area contributed by atoms with Gasteiger partial charge in [-0.3, -0.25) is 4.79 Å². The quantitative estimate of drug-likeness (QED) is 0.433. The summed E-state index contributed by atoms with van der Waals surface area (Å²) in [6.45, 7) is 3.13. The molecule has 156 valence electrons. The monoisotopic (exact) mass is 489 g/mol. The number of nitrogens with zero attached hydrogens (tertiary/aromatic N) is 2. The number of carbonyl (C=O) groups is 1. The van der Waals surface area contributed by atoms with E-state index in [-0.39, 0.29) is 6.41 Å². The number of hydrogen-bond acceptors (Lipinski definition) is 5. The Hall–Kier alpha value is -0.920. The zero-order valence-corrected chi connectivity index (χ0v) is 19.6. The number of rotatable bonds is 3. The molecule has 29 heavy (non-hydrogen) atoms. The third-order valence-electron chi connectivity index (χ3n) is 4.62. The topological polar surface area (TPSA) is 49.6 Å². The first-order valence-electron chi connectivity index (χ1n) is 9.22. The van der Waals surface area contributed by atoms with Gasteiger partial charge >= 0.3 is 0 Å². The van der Waals surface area contributed by atoms with E-state index in [2.05, 4.69) is 27.1 Å². The fourth-order valence-corrected chi connectivity index (χ4v) is 5.87. The van der Waals surface area contributed by atoms with Crippen LogP contribution in [0.1, 0.15) is 6.42 Å². The van der Waals surface area contributed by atoms with Crippen LogP contribution in [0.5, 0.6) is 0 Å². The average Bonchev–Trinajstić information content (AvgIpc) is 3.26. The lowest BCUT2D eigenvalue weighted by molar-refractivity contribution is -0.106. The van der Waals surface area contributed by atoms with E-state index in [1.807, 2.05) is 41.9 Å². The molecule has 2 N–H and O–H groups in total. The molecule has 0 saturated carbocycles. The standard InChI is InChI=1S/C19H19Cl3N2S2.CH3NO/c20-14-8-13(9-15(10-14)23-3-6-25-7-4-23)17-11-16(12-18(21)19(17)22)24-2-1-5-26-24;2-1-3/h8-12H,1-7H2;1H,(H2,2,3). The van der Waals surface area contributed by atoms with Gasteiger partial charge in [-0.15, -0.1) is 0 Å². The Bertz CT molecular complexity index is 857. The summed E-state index contributed by atoms with van der Waals surface area (Å²) in [6.07, 6.45) is 1.44. The normalized spacial score (nSPS) is 16.4. The number of primary amides is 1. The highest BCUT2D eigenvalue weighted by Gasteiger charge is 2.19. The van der Waals surface area contributed by atoms with Gasteiger partial charge in [0, 0.05) is 58.9 Å². The van der Waals surface area contributed by atoms with Crippen LogP contribution in [0.3, 0.4) is 0 Å². The summed E-state index contributed by atoms with van der Waals surface area (Å²) in [5.41, 5.74) is 8.38. The van der Waals surface area contributed by atoms with Gasteiger partial charge in [-0.2, -0.15) is 11.8 Å². The van der Waals surface area contributed by atoms with Gasteiger partial charge in [-0.25, -0.2) is 0 Å². The molecule has 0 bridgehead atoms. The lowest BCUT2D eigenvalue weighted by atomic mass is 10.0. The number of halogens is 3. The fourth-order valence-electron chi connectivity index (χ4n) is 3.31. The predicted octanol–water partition coefficient (Wildman–Crippen LogP) is 5.83. The molecule has 2 aromatic rings. The van der Waals surface area contributed by atoms with Crippen molar-refractivity contribution in [1.29, 1.82) is 0 Å². The van der Waals surface area contributed by atoms with Crippen molar-refractivity contribution >= 4 is 76.3 Å². The first-order valence-corrected chi connectivity index (χ1v) is 12.4. The third kappa shape index (κ3) is 5.82. The molecule has 2 aromatic carbocycles. The molecular weight excluding hydrogens is 469 g/mol. The largest absolute Gasteiger partial charge is 0.372 e. The molecule has 4 rings (SSSR count). The van der Waals surface area contributed by atoms with Gasteiger partial charge in [0.05, 0.1) is 10.0 Å². The Morgan fingerprint density at radius 2 is 1.66 bits per heavy atom. The molecule has 4 nitrogen and oxygen atoms in total. The van der Waals surface area contributed by atoms with Gasteiger partial charge in [-0.1, -0.05) is 34.8 Å². The van der Waals surface area contributed by atoms with Gasteiger partial charge in [0.15, 0.2) is 0 Å². The van der Waals surface area contributed by atoms with E-state index in [0.717, 1.165) is 64.4 Å². The van der Waals surface area contributed by atoms with Crippen molar-refractivity contribution < 1.29 is 4.79 Å². The molecule has 2 aliphatic heterocycles. The number of thioether (sulfide) groups is 1. The van der Waals surface area contributed by atoms with Crippen LogP contribution in [0.25, 0.3) is 11.1 Å². The number of anilines is 2. The van der Waals surface area contributed by atoms with E-state index in [1.54, 1.807) is 0 Å². The molecule has 1 amide bonds. The van der Waals surface area contributed by atoms with Crippen molar-refractivity contribution in [3.05, 3.63) is 45.4 Å². The number of nitrogens with two attached hydrogens (primary N) is 1. The molecule has 0 aliphatic carbocycles. The molecule has 0 atom stereocenters. The summed E-state index contributed by atoms with van der Waals surface area (Å²) in [4.78, 5) is 11.0. The van der Waals surface area contributed by atoms with Crippen molar-refractivity contribution in [1.82, 2.24) is 0 Å². The van der Waals surface area contributed by atoms with Gasteiger partial charge < -0.3 is 14.9 Å². The minimum atomic E-state index is 0.250. The molecule has 2 saturated heterocycles. The smallest absolute Gasteiger partial charge is 0.204 e. The van der Waals surface area contributed by atoms with E-state index in [1.165, 1.54) is 6.42 Å². The Morgan fingerprint density at radius 1 is 0.931 bits per heavy atom. The highest BCUT2D eigenvalue weighted by molar-refractivity contribution is 8.00. The van der Waals surface area contributed by atoms with Crippen LogP contribution in [0.2, 0.25) is 15.1 Å². The maximum atomic E-state index is 8.58. The molecule has 0 aromatic heterocycles. The Balaban J connectivity index is 0.000000755. The van der Waals surface area contributed by atoms with E-state index in [0.29, 0.717) is 10.0 Å². The second-order valence-electron chi connectivity index (χ2n) is 6.51. The highest BCUT2D eigenvalue weighted by atomic mass is 35.5. The number of amides is 1. The van der Waals surface area contributed by atoms with Crippen molar-refractivity contribution in [2.24, 2.45) is 5.73 Å². The fraction of sp³-hybridized carbons (Fsp3) is 0.350. The summed E-state index contributed by atoms with van der Waals surface area (Å²) >= 11 is 23.3. The van der Waals surface area contributed by atoms with Gasteiger partial charge in [0.25, 0.3) is 0 Å². The summed E-state index contributed by atoms with van der Waals surface area (Å²) in [7, 11) is 0. The molecule has 2 aliphatic rings. The van der Waals surface area contributed by atoms with Crippen LogP contribution in [0, 0.1) is 0 Å². The second kappa shape index (κ2) is 10.9. The van der Waals surface area contributed by atoms with Gasteiger partial charge in [-0.05, 0) is 54.3 Å². The lowest BCUT2D eigenvalue weighted by Gasteiger charge is -2.29. The van der Waals surface area contributed by atoms with E-state index in [9.17, 15) is 0 Å². The van der Waals surface area contributed by atoms with Crippen molar-refractivity contribution in [3.8, 4) is 11.1 Å². The molecule has 0 radical (unpaired) electrons. The van der Waals surface area contributed by atoms with E-state index in [4.69, 9.17) is 39.6 Å². The second-order valence-corrected chi connectivity index (χ2v) is 10.1. The summed E-state index contributed by atoms with van der Waals surface area (Å²) in [5, 5.41) is 1.90. The van der Waals surface area contributed by atoms with Gasteiger partial charge in [0.1, 0.15) is 0 Å². The van der Waals surface area contributed by atoms with Crippen molar-refractivity contribution in [2.75, 3.05) is 46.1 Å². The SMILES string of the molecule is Clc1cc(-c2cc(N3CCCS3)cc(Cl)c2Cl)cc(N2CCSCC2)c1.NC=O. The summed E-state index contributed by atoms with van der Waals surface area (Å²) in [5.74, 6) is 3.44. The lowest BCUT2D eigenvalue weighted by Crippen LogP contribution is -2.32. The number of benzene rings is 2. The zero-order valence-electron chi connectivity index (χ0n) is 15.7. The minimum absolute atomic E-state index is 0.250. The maximum Gasteiger partial charge on any atom is 0.204 e. The van der Waals surface area contributed by atoms with Crippen molar-refractivity contribution in [3.63, 3.8) is 0 Å². The third-order valence-corrected chi connectivity index (χ3v) is 7.76. The zero-order chi connectivity index (χ0) is 20.8. The maximum absolute atomic E-state index is 8.58. The predicted molar refractivity (Wildman–Crippen MR) is 131 cm³/mol. The summed E-state index contributed by atoms with van der Waals surface area (Å²) < 4.78 is 2.29. The highest BCUT2D eigenvalue weighted by Crippen LogP contribution is 2.42. The van der Waals surface area contributed by atoms with Crippen LogP contribution < -0.4 is 14.9 Å². The first-order chi connectivity index (χ1) is 14.0. The Kier molecular flexibility index (Phi) is 8.57. The number of hydrogen-bond donors (Lipinski definition) is 1. The minimum Gasteiger partial charge on any atom is -0.372 e. The molecular formula is C20H22Cl3N3OS2. The van der Waals surface area contributed by atoms with Crippen molar-refractivity contribution in [2.45, 2.75) is 6.42 Å². The van der Waals surface area contributed by atoms with E-state index < -0.39 is 0 Å². The number of carbonyl (C=O) groups excluding carboxylic acids is 1. The van der Waals surface area contributed by atoms with Crippen LogP contribution in [0.15, 0.2) is 30.3 Å². The first kappa shape index (κ1) is 22.8. The van der Waals surface area contributed by atoms with Crippen LogP contribution in [0.4, 0.5) is 11.4 Å². The Morgan fingerprint density at radius 3 is 2.31 bits per heavy atom. The Labute approximate surface area is 195 Å². The molecule has 2 heterocycles. The van der Waals surface area contributed by atoms with Crippen LogP contribution in [-0.2, 0) is 4.79 Å². The molecule has 0 unspecified atom stereocenters. The van der Waals surface area contributed by atoms with Gasteiger partial charge in [0.2, 0.25) is 6.41 Å². The molecule has 2 fully saturated rings.